The summed E-state index contributed by atoms with van der Waals surface area (Å²) >= 11 is 0. The van der Waals surface area contributed by atoms with Crippen molar-refractivity contribution in [1.82, 2.24) is 20.5 Å². The maximum Gasteiger partial charge on any atom is 0.246 e. The van der Waals surface area contributed by atoms with E-state index in [0.717, 1.165) is 63.4 Å². The number of carbonyl (C=O) groups excluding carboxylic acids is 2. The molecule has 2 fully saturated rings. The van der Waals surface area contributed by atoms with Crippen LogP contribution in [0.2, 0.25) is 0 Å². The number of nitrogens with one attached hydrogen (secondary N) is 2. The first-order valence-electron chi connectivity index (χ1n) is 10.5. The quantitative estimate of drug-likeness (QED) is 0.777. The number of amides is 2. The molecule has 0 atom stereocenters. The third-order valence-electron chi connectivity index (χ3n) is 5.96. The van der Waals surface area contributed by atoms with Gasteiger partial charge in [0.05, 0.1) is 0 Å². The topological polar surface area (TPSA) is 77.6 Å². The minimum atomic E-state index is -0.754. The van der Waals surface area contributed by atoms with E-state index >= 15 is 0 Å². The van der Waals surface area contributed by atoms with E-state index in [9.17, 15) is 9.59 Å². The van der Waals surface area contributed by atoms with E-state index in [2.05, 4.69) is 32.3 Å². The molecule has 1 saturated carbocycles. The van der Waals surface area contributed by atoms with Crippen LogP contribution in [-0.2, 0) is 16.1 Å². The number of piperazine rings is 1. The van der Waals surface area contributed by atoms with Gasteiger partial charge in [0.1, 0.15) is 11.4 Å². The average Bonchev–Trinajstić information content (AvgIpc) is 2.72. The van der Waals surface area contributed by atoms with Crippen molar-refractivity contribution < 1.29 is 9.59 Å². The van der Waals surface area contributed by atoms with Crippen molar-refractivity contribution in [3.8, 4) is 0 Å². The van der Waals surface area contributed by atoms with E-state index < -0.39 is 5.54 Å². The highest BCUT2D eigenvalue weighted by Gasteiger charge is 2.39. The van der Waals surface area contributed by atoms with E-state index in [0.29, 0.717) is 19.4 Å². The Kier molecular flexibility index (Phi) is 6.88. The molecule has 28 heavy (non-hydrogen) atoms. The molecule has 0 bridgehead atoms. The van der Waals surface area contributed by atoms with Gasteiger partial charge >= 0.3 is 0 Å². The zero-order valence-electron chi connectivity index (χ0n) is 17.2. The second kappa shape index (κ2) is 9.37. The Labute approximate surface area is 167 Å². The first-order valence-corrected chi connectivity index (χ1v) is 10.5. The molecule has 0 aromatic carbocycles. The molecule has 1 aromatic heterocycles. The normalized spacial score (nSPS) is 19.9. The number of likely N-dealkylation sites (N-methyl/N-ethyl adjacent to an activating group) is 1. The Balaban J connectivity index is 1.55. The highest BCUT2D eigenvalue weighted by Crippen LogP contribution is 2.28. The fourth-order valence-corrected chi connectivity index (χ4v) is 4.25. The standard InChI is InChI=1S/C21H33N5O2/c1-3-25-11-13-26(14-12-25)19-8-7-18(15-22-19)16-23-20(28)21(24-17(2)27)9-5-4-6-10-21/h7-8,15H,3-6,9-14,16H2,1-2H3,(H,23,28)(H,24,27). The van der Waals surface area contributed by atoms with Crippen molar-refractivity contribution in [3.05, 3.63) is 23.9 Å². The van der Waals surface area contributed by atoms with Crippen molar-refractivity contribution in [1.29, 1.82) is 0 Å². The van der Waals surface area contributed by atoms with Crippen LogP contribution < -0.4 is 15.5 Å². The van der Waals surface area contributed by atoms with Crippen molar-refractivity contribution in [2.24, 2.45) is 0 Å². The van der Waals surface area contributed by atoms with Gasteiger partial charge in [-0.15, -0.1) is 0 Å². The summed E-state index contributed by atoms with van der Waals surface area (Å²) in [6.45, 7) is 9.33. The molecule has 1 saturated heterocycles. The van der Waals surface area contributed by atoms with Crippen LogP contribution in [0.3, 0.4) is 0 Å². The van der Waals surface area contributed by atoms with Gasteiger partial charge in [0, 0.05) is 45.8 Å². The average molecular weight is 388 g/mol. The van der Waals surface area contributed by atoms with Gasteiger partial charge in [-0.1, -0.05) is 32.3 Å². The second-order valence-corrected chi connectivity index (χ2v) is 7.95. The van der Waals surface area contributed by atoms with E-state index in [4.69, 9.17) is 0 Å². The highest BCUT2D eigenvalue weighted by molar-refractivity contribution is 5.91. The summed E-state index contributed by atoms with van der Waals surface area (Å²) in [7, 11) is 0. The highest BCUT2D eigenvalue weighted by atomic mass is 16.2. The molecule has 2 heterocycles. The number of hydrogen-bond acceptors (Lipinski definition) is 5. The lowest BCUT2D eigenvalue weighted by Gasteiger charge is -2.36. The van der Waals surface area contributed by atoms with Crippen LogP contribution in [0.1, 0.15) is 51.5 Å². The zero-order valence-corrected chi connectivity index (χ0v) is 17.2. The lowest BCUT2D eigenvalue weighted by molar-refractivity contribution is -0.134. The van der Waals surface area contributed by atoms with Gasteiger partial charge in [-0.05, 0) is 31.0 Å². The molecular formula is C21H33N5O2. The molecule has 1 aromatic rings. The van der Waals surface area contributed by atoms with Gasteiger partial charge in [0.25, 0.3) is 0 Å². The van der Waals surface area contributed by atoms with Gasteiger partial charge in [-0.2, -0.15) is 0 Å². The number of pyridine rings is 1. The largest absolute Gasteiger partial charge is 0.354 e. The summed E-state index contributed by atoms with van der Waals surface area (Å²) in [5.41, 5.74) is 0.217. The van der Waals surface area contributed by atoms with Gasteiger partial charge in [-0.25, -0.2) is 4.98 Å². The molecule has 0 radical (unpaired) electrons. The molecule has 7 heteroatoms. The Morgan fingerprint density at radius 2 is 1.82 bits per heavy atom. The number of hydrogen-bond donors (Lipinski definition) is 2. The Morgan fingerprint density at radius 1 is 1.11 bits per heavy atom. The minimum Gasteiger partial charge on any atom is -0.354 e. The van der Waals surface area contributed by atoms with Crippen LogP contribution in [0.5, 0.6) is 0 Å². The number of carbonyl (C=O) groups is 2. The van der Waals surface area contributed by atoms with Crippen LogP contribution in [0, 0.1) is 0 Å². The van der Waals surface area contributed by atoms with Crippen LogP contribution in [0.15, 0.2) is 18.3 Å². The Hall–Kier alpha value is -2.15. The fraction of sp³-hybridized carbons (Fsp3) is 0.667. The third-order valence-corrected chi connectivity index (χ3v) is 5.96. The summed E-state index contributed by atoms with van der Waals surface area (Å²) in [4.78, 5) is 33.8. The van der Waals surface area contributed by atoms with Gasteiger partial charge in [-0.3, -0.25) is 9.59 Å². The minimum absolute atomic E-state index is 0.0813. The molecular weight excluding hydrogens is 354 g/mol. The van der Waals surface area contributed by atoms with Crippen LogP contribution in [0.25, 0.3) is 0 Å². The number of nitrogens with zero attached hydrogens (tertiary/aromatic N) is 3. The van der Waals surface area contributed by atoms with Crippen molar-refractivity contribution in [2.75, 3.05) is 37.6 Å². The maximum absolute atomic E-state index is 12.8. The lowest BCUT2D eigenvalue weighted by atomic mass is 9.80. The molecule has 7 nitrogen and oxygen atoms in total. The molecule has 154 valence electrons. The van der Waals surface area contributed by atoms with E-state index in [-0.39, 0.29) is 11.8 Å². The van der Waals surface area contributed by atoms with E-state index in [1.165, 1.54) is 6.92 Å². The summed E-state index contributed by atoms with van der Waals surface area (Å²) in [5.74, 6) is 0.765. The molecule has 2 amide bonds. The van der Waals surface area contributed by atoms with Gasteiger partial charge < -0.3 is 20.4 Å². The van der Waals surface area contributed by atoms with Crippen LogP contribution in [-0.4, -0.2) is 60.0 Å². The number of aromatic nitrogens is 1. The molecule has 1 aliphatic heterocycles. The van der Waals surface area contributed by atoms with Gasteiger partial charge in [0.2, 0.25) is 11.8 Å². The smallest absolute Gasteiger partial charge is 0.246 e. The Bertz CT molecular complexity index is 662. The van der Waals surface area contributed by atoms with Crippen molar-refractivity contribution in [3.63, 3.8) is 0 Å². The molecule has 0 unspecified atom stereocenters. The summed E-state index contributed by atoms with van der Waals surface area (Å²) in [6.07, 6.45) is 6.31. The summed E-state index contributed by atoms with van der Waals surface area (Å²) in [5, 5.41) is 5.93. The molecule has 0 spiro atoms. The first-order chi connectivity index (χ1) is 13.5. The lowest BCUT2D eigenvalue weighted by Crippen LogP contribution is -2.59. The summed E-state index contributed by atoms with van der Waals surface area (Å²) in [6, 6.07) is 4.06. The maximum atomic E-state index is 12.8. The first kappa shape index (κ1) is 20.6. The third kappa shape index (κ3) is 5.01. The Morgan fingerprint density at radius 3 is 2.39 bits per heavy atom. The fourth-order valence-electron chi connectivity index (χ4n) is 4.25. The SMILES string of the molecule is CCN1CCN(c2ccc(CNC(=O)C3(NC(C)=O)CCCCC3)cn2)CC1. The van der Waals surface area contributed by atoms with E-state index in [1.807, 2.05) is 18.3 Å². The predicted molar refractivity (Wildman–Crippen MR) is 110 cm³/mol. The van der Waals surface area contributed by atoms with Crippen LogP contribution in [0.4, 0.5) is 5.82 Å². The van der Waals surface area contributed by atoms with Crippen molar-refractivity contribution >= 4 is 17.6 Å². The van der Waals surface area contributed by atoms with Crippen molar-refractivity contribution in [2.45, 2.75) is 58.0 Å². The van der Waals surface area contributed by atoms with Crippen LogP contribution >= 0.6 is 0 Å². The number of anilines is 1. The molecule has 2 N–H and O–H groups in total. The second-order valence-electron chi connectivity index (χ2n) is 7.95. The summed E-state index contributed by atoms with van der Waals surface area (Å²) < 4.78 is 0. The zero-order chi connectivity index (χ0) is 20.0. The monoisotopic (exact) mass is 387 g/mol. The van der Waals surface area contributed by atoms with Gasteiger partial charge in [0.15, 0.2) is 0 Å². The molecule has 1 aliphatic carbocycles. The molecule has 2 aliphatic rings. The number of rotatable bonds is 6. The molecule has 3 rings (SSSR count). The van der Waals surface area contributed by atoms with E-state index in [1.54, 1.807) is 0 Å². The predicted octanol–water partition coefficient (Wildman–Crippen LogP) is 1.68.